The Kier molecular flexibility index (Phi) is 4.85. The molecule has 0 aliphatic carbocycles. The minimum absolute atomic E-state index is 0.0884. The molecule has 0 fully saturated rings. The second-order valence-electron chi connectivity index (χ2n) is 6.67. The zero-order chi connectivity index (χ0) is 19.5. The number of nitrogens with one attached hydrogen (secondary N) is 2. The molecule has 0 radical (unpaired) electrons. The van der Waals surface area contributed by atoms with Gasteiger partial charge in [-0.3, -0.25) is 9.59 Å². The van der Waals surface area contributed by atoms with Crippen LogP contribution in [0.1, 0.15) is 44.5 Å². The predicted octanol–water partition coefficient (Wildman–Crippen LogP) is 4.09. The molecule has 3 aromatic rings. The average Bonchev–Trinajstić information content (AvgIpc) is 3.24. The van der Waals surface area contributed by atoms with Crippen LogP contribution >= 0.6 is 0 Å². The average molecular weight is 376 g/mol. The Morgan fingerprint density at radius 1 is 1.00 bits per heavy atom. The van der Waals surface area contributed by atoms with Crippen LogP contribution in [0.5, 0.6) is 5.75 Å². The molecule has 1 atom stereocenters. The number of rotatable bonds is 4. The fourth-order valence-electron chi connectivity index (χ4n) is 3.28. The SMILES string of the molecule is Cc1cccc2c1OCC[C@@H]2NC(=O)c1ccc(NC(=O)c2ccco2)cc1. The van der Waals surface area contributed by atoms with Gasteiger partial charge in [0.15, 0.2) is 5.76 Å². The molecule has 6 heteroatoms. The molecule has 0 saturated heterocycles. The highest BCUT2D eigenvalue weighted by molar-refractivity contribution is 6.02. The zero-order valence-corrected chi connectivity index (χ0v) is 15.4. The molecule has 0 spiro atoms. The van der Waals surface area contributed by atoms with Crippen molar-refractivity contribution in [3.63, 3.8) is 0 Å². The summed E-state index contributed by atoms with van der Waals surface area (Å²) in [6.07, 6.45) is 2.16. The van der Waals surface area contributed by atoms with E-state index in [9.17, 15) is 9.59 Å². The molecule has 4 rings (SSSR count). The van der Waals surface area contributed by atoms with Crippen molar-refractivity contribution in [1.29, 1.82) is 0 Å². The van der Waals surface area contributed by atoms with Gasteiger partial charge in [0.2, 0.25) is 0 Å². The van der Waals surface area contributed by atoms with E-state index < -0.39 is 0 Å². The summed E-state index contributed by atoms with van der Waals surface area (Å²) in [4.78, 5) is 24.7. The lowest BCUT2D eigenvalue weighted by Crippen LogP contribution is -2.32. The monoisotopic (exact) mass is 376 g/mol. The molecule has 2 aromatic carbocycles. The number of furan rings is 1. The summed E-state index contributed by atoms with van der Waals surface area (Å²) in [6.45, 7) is 2.57. The number of aryl methyl sites for hydroxylation is 1. The first-order chi connectivity index (χ1) is 13.6. The van der Waals surface area contributed by atoms with Crippen molar-refractivity contribution < 1.29 is 18.7 Å². The Morgan fingerprint density at radius 2 is 1.82 bits per heavy atom. The van der Waals surface area contributed by atoms with Gasteiger partial charge in [-0.15, -0.1) is 0 Å². The summed E-state index contributed by atoms with van der Waals surface area (Å²) in [5, 5.41) is 5.81. The molecule has 2 N–H and O–H groups in total. The van der Waals surface area contributed by atoms with Gasteiger partial charge in [0.1, 0.15) is 5.75 Å². The molecule has 28 heavy (non-hydrogen) atoms. The smallest absolute Gasteiger partial charge is 0.291 e. The lowest BCUT2D eigenvalue weighted by Gasteiger charge is -2.27. The van der Waals surface area contributed by atoms with Crippen molar-refractivity contribution in [2.75, 3.05) is 11.9 Å². The van der Waals surface area contributed by atoms with E-state index in [-0.39, 0.29) is 23.6 Å². The fraction of sp³-hybridized carbons (Fsp3) is 0.182. The summed E-state index contributed by atoms with van der Waals surface area (Å²) in [5.74, 6) is 0.588. The number of carbonyl (C=O) groups excluding carboxylic acids is 2. The molecule has 142 valence electrons. The summed E-state index contributed by atoms with van der Waals surface area (Å²) in [7, 11) is 0. The van der Waals surface area contributed by atoms with E-state index in [1.807, 2.05) is 25.1 Å². The Morgan fingerprint density at radius 3 is 2.57 bits per heavy atom. The van der Waals surface area contributed by atoms with Crippen LogP contribution in [0.4, 0.5) is 5.69 Å². The first-order valence-electron chi connectivity index (χ1n) is 9.10. The van der Waals surface area contributed by atoms with Gasteiger partial charge < -0.3 is 19.8 Å². The minimum Gasteiger partial charge on any atom is -0.493 e. The summed E-state index contributed by atoms with van der Waals surface area (Å²) < 4.78 is 10.8. The topological polar surface area (TPSA) is 80.6 Å². The van der Waals surface area contributed by atoms with Crippen LogP contribution in [0.15, 0.2) is 65.3 Å². The molecule has 0 saturated carbocycles. The number of amides is 2. The van der Waals surface area contributed by atoms with Gasteiger partial charge in [-0.05, 0) is 48.9 Å². The molecule has 1 aliphatic heterocycles. The second-order valence-corrected chi connectivity index (χ2v) is 6.67. The number of hydrogen-bond donors (Lipinski definition) is 2. The molecular formula is C22H20N2O4. The molecule has 2 amide bonds. The number of benzene rings is 2. The third kappa shape index (κ3) is 3.62. The van der Waals surface area contributed by atoms with E-state index in [0.717, 1.165) is 23.3 Å². The Labute approximate surface area is 162 Å². The molecular weight excluding hydrogens is 356 g/mol. The van der Waals surface area contributed by atoms with Gasteiger partial charge in [-0.25, -0.2) is 0 Å². The molecule has 2 heterocycles. The maximum absolute atomic E-state index is 12.7. The van der Waals surface area contributed by atoms with Gasteiger partial charge in [-0.1, -0.05) is 18.2 Å². The van der Waals surface area contributed by atoms with Gasteiger partial charge in [0.05, 0.1) is 18.9 Å². The van der Waals surface area contributed by atoms with Crippen LogP contribution < -0.4 is 15.4 Å². The number of carbonyl (C=O) groups is 2. The fourth-order valence-corrected chi connectivity index (χ4v) is 3.28. The number of fused-ring (bicyclic) bond motifs is 1. The number of ether oxygens (including phenoxy) is 1. The van der Waals surface area contributed by atoms with E-state index in [1.54, 1.807) is 36.4 Å². The number of para-hydroxylation sites is 1. The Hall–Kier alpha value is -3.54. The van der Waals surface area contributed by atoms with Crippen molar-refractivity contribution in [1.82, 2.24) is 5.32 Å². The molecule has 0 unspecified atom stereocenters. The number of anilines is 1. The third-order valence-electron chi connectivity index (χ3n) is 4.73. The van der Waals surface area contributed by atoms with E-state index in [4.69, 9.17) is 9.15 Å². The van der Waals surface area contributed by atoms with Crippen molar-refractivity contribution in [2.24, 2.45) is 0 Å². The lowest BCUT2D eigenvalue weighted by atomic mass is 9.97. The van der Waals surface area contributed by atoms with Crippen molar-refractivity contribution in [3.8, 4) is 5.75 Å². The third-order valence-corrected chi connectivity index (χ3v) is 4.73. The highest BCUT2D eigenvalue weighted by Crippen LogP contribution is 2.34. The van der Waals surface area contributed by atoms with Crippen LogP contribution in [0, 0.1) is 6.92 Å². The highest BCUT2D eigenvalue weighted by Gasteiger charge is 2.24. The first-order valence-corrected chi connectivity index (χ1v) is 9.10. The molecule has 1 aromatic heterocycles. The van der Waals surface area contributed by atoms with Crippen molar-refractivity contribution >= 4 is 17.5 Å². The van der Waals surface area contributed by atoms with E-state index in [1.165, 1.54) is 6.26 Å². The minimum atomic E-state index is -0.337. The van der Waals surface area contributed by atoms with Crippen LogP contribution in [0.25, 0.3) is 0 Å². The maximum Gasteiger partial charge on any atom is 0.291 e. The van der Waals surface area contributed by atoms with Gasteiger partial charge in [0.25, 0.3) is 11.8 Å². The molecule has 0 bridgehead atoms. The standard InChI is InChI=1S/C22H20N2O4/c1-14-4-2-5-17-18(11-13-28-20(14)17)24-21(25)15-7-9-16(10-8-15)23-22(26)19-6-3-12-27-19/h2-10,12,18H,11,13H2,1H3,(H,23,26)(H,24,25)/t18-/m0/s1. The van der Waals surface area contributed by atoms with Gasteiger partial charge in [0, 0.05) is 23.2 Å². The van der Waals surface area contributed by atoms with Crippen molar-refractivity contribution in [2.45, 2.75) is 19.4 Å². The normalized spacial score (nSPS) is 15.2. The van der Waals surface area contributed by atoms with Gasteiger partial charge in [-0.2, -0.15) is 0 Å². The zero-order valence-electron chi connectivity index (χ0n) is 15.4. The molecule has 6 nitrogen and oxygen atoms in total. The highest BCUT2D eigenvalue weighted by atomic mass is 16.5. The van der Waals surface area contributed by atoms with Crippen LogP contribution in [0.3, 0.4) is 0 Å². The first kappa shape index (κ1) is 17.9. The summed E-state index contributed by atoms with van der Waals surface area (Å²) >= 11 is 0. The largest absolute Gasteiger partial charge is 0.493 e. The quantitative estimate of drug-likeness (QED) is 0.719. The van der Waals surface area contributed by atoms with E-state index >= 15 is 0 Å². The van der Waals surface area contributed by atoms with Crippen LogP contribution in [0.2, 0.25) is 0 Å². The Balaban J connectivity index is 1.43. The van der Waals surface area contributed by atoms with Crippen LogP contribution in [-0.4, -0.2) is 18.4 Å². The van der Waals surface area contributed by atoms with Crippen LogP contribution in [-0.2, 0) is 0 Å². The second kappa shape index (κ2) is 7.60. The predicted molar refractivity (Wildman–Crippen MR) is 105 cm³/mol. The van der Waals surface area contributed by atoms with E-state index in [2.05, 4.69) is 10.6 Å². The summed E-state index contributed by atoms with van der Waals surface area (Å²) in [6, 6.07) is 15.9. The molecule has 1 aliphatic rings. The lowest BCUT2D eigenvalue weighted by molar-refractivity contribution is 0.0924. The number of hydrogen-bond acceptors (Lipinski definition) is 4. The van der Waals surface area contributed by atoms with E-state index in [0.29, 0.717) is 17.9 Å². The summed E-state index contributed by atoms with van der Waals surface area (Å²) in [5.41, 5.74) is 3.18. The Bertz CT molecular complexity index is 994. The van der Waals surface area contributed by atoms with Crippen molar-refractivity contribution in [3.05, 3.63) is 83.3 Å². The maximum atomic E-state index is 12.7. The van der Waals surface area contributed by atoms with Gasteiger partial charge >= 0.3 is 0 Å².